The Balaban J connectivity index is 1.26. The van der Waals surface area contributed by atoms with Gasteiger partial charge in [0.1, 0.15) is 23.5 Å². The van der Waals surface area contributed by atoms with Gasteiger partial charge in [-0.25, -0.2) is 0 Å². The van der Waals surface area contributed by atoms with Crippen molar-refractivity contribution in [1.82, 2.24) is 0 Å². The second-order valence-corrected chi connectivity index (χ2v) is 8.36. The Morgan fingerprint density at radius 3 is 2.85 bits per heavy atom. The quantitative estimate of drug-likeness (QED) is 0.492. The van der Waals surface area contributed by atoms with Crippen LogP contribution in [0.1, 0.15) is 17.2 Å². The topological polar surface area (TPSA) is 54.5 Å². The van der Waals surface area contributed by atoms with Crippen LogP contribution in [0.2, 0.25) is 0 Å². The summed E-state index contributed by atoms with van der Waals surface area (Å²) in [4.78, 5) is 1.32. The maximum atomic E-state index is 5.98. The molecule has 6 nitrogen and oxygen atoms in total. The molecular formula is C27H24NO5+. The third-order valence-corrected chi connectivity index (χ3v) is 6.42. The first-order valence-electron chi connectivity index (χ1n) is 11.1. The molecule has 6 rings (SSSR count). The van der Waals surface area contributed by atoms with E-state index in [0.29, 0.717) is 12.4 Å². The Kier molecular flexibility index (Phi) is 4.78. The van der Waals surface area contributed by atoms with Crippen LogP contribution in [0.25, 0.3) is 21.9 Å². The van der Waals surface area contributed by atoms with Crippen LogP contribution in [0.15, 0.2) is 52.9 Å². The zero-order valence-electron chi connectivity index (χ0n) is 18.6. The highest BCUT2D eigenvalue weighted by Crippen LogP contribution is 2.47. The van der Waals surface area contributed by atoms with Crippen LogP contribution in [0.3, 0.4) is 0 Å². The highest BCUT2D eigenvalue weighted by molar-refractivity contribution is 6.05. The second-order valence-electron chi connectivity index (χ2n) is 8.36. The van der Waals surface area contributed by atoms with Gasteiger partial charge in [0.05, 0.1) is 26.3 Å². The summed E-state index contributed by atoms with van der Waals surface area (Å²) >= 11 is 0. The molecule has 0 fully saturated rings. The van der Waals surface area contributed by atoms with E-state index in [-0.39, 0.29) is 12.8 Å². The van der Waals surface area contributed by atoms with Gasteiger partial charge in [0.2, 0.25) is 12.5 Å². The van der Waals surface area contributed by atoms with Crippen molar-refractivity contribution in [3.05, 3.63) is 59.7 Å². The summed E-state index contributed by atoms with van der Waals surface area (Å²) in [6.07, 6.45) is 0.946. The third-order valence-electron chi connectivity index (χ3n) is 6.42. The Morgan fingerprint density at radius 2 is 1.94 bits per heavy atom. The maximum Gasteiger partial charge on any atom is 0.231 e. The number of quaternary nitrogens is 1. The van der Waals surface area contributed by atoms with E-state index in [1.54, 1.807) is 7.11 Å². The molecule has 2 unspecified atom stereocenters. The van der Waals surface area contributed by atoms with Gasteiger partial charge >= 0.3 is 0 Å². The minimum atomic E-state index is -0.0258. The zero-order chi connectivity index (χ0) is 22.4. The lowest BCUT2D eigenvalue weighted by Gasteiger charge is -2.29. The standard InChI is InChI=1S/C27H23NO5/c1-28-12-11-17-14-24-26(32-16-31-24)27(29-2)25(17)21(28)7-5-13-30-18-9-10-23-20(15-18)19-6-3-4-8-22(19)33-23/h3-4,6,8-10,14-15,21H,11-13,16H2,1-2H3/p+1. The average Bonchev–Trinajstić information content (AvgIpc) is 3.45. The van der Waals surface area contributed by atoms with Crippen LogP contribution in [0.4, 0.5) is 0 Å². The number of para-hydroxylation sites is 1. The van der Waals surface area contributed by atoms with Gasteiger partial charge in [-0.05, 0) is 41.8 Å². The van der Waals surface area contributed by atoms with Gasteiger partial charge in [0, 0.05) is 17.2 Å². The fourth-order valence-electron chi connectivity index (χ4n) is 4.78. The zero-order valence-corrected chi connectivity index (χ0v) is 18.6. The van der Waals surface area contributed by atoms with Gasteiger partial charge in [-0.3, -0.25) is 0 Å². The molecule has 4 aromatic rings. The molecule has 33 heavy (non-hydrogen) atoms. The van der Waals surface area contributed by atoms with Crippen molar-refractivity contribution in [3.63, 3.8) is 0 Å². The third kappa shape index (κ3) is 3.33. The molecular weight excluding hydrogens is 418 g/mol. The van der Waals surface area contributed by atoms with Crippen LogP contribution in [-0.4, -0.2) is 34.1 Å². The first-order chi connectivity index (χ1) is 16.2. The number of likely N-dealkylation sites (N-methyl/N-ethyl adjacent to an activating group) is 1. The molecule has 2 atom stereocenters. The molecule has 0 saturated heterocycles. The van der Waals surface area contributed by atoms with E-state index in [2.05, 4.69) is 31.0 Å². The Labute approximate surface area is 191 Å². The Bertz CT molecular complexity index is 1430. The van der Waals surface area contributed by atoms with Gasteiger partial charge in [-0.1, -0.05) is 24.1 Å². The first kappa shape index (κ1) is 19.8. The molecule has 0 saturated carbocycles. The van der Waals surface area contributed by atoms with Gasteiger partial charge in [0.15, 0.2) is 17.5 Å². The van der Waals surface area contributed by atoms with Crippen LogP contribution < -0.4 is 23.8 Å². The molecule has 2 aliphatic rings. The Morgan fingerprint density at radius 1 is 1.06 bits per heavy atom. The van der Waals surface area contributed by atoms with Crippen LogP contribution in [0, 0.1) is 11.8 Å². The average molecular weight is 442 g/mol. The van der Waals surface area contributed by atoms with E-state index >= 15 is 0 Å². The predicted octanol–water partition coefficient (Wildman–Crippen LogP) is 3.52. The van der Waals surface area contributed by atoms with Crippen LogP contribution in [0.5, 0.6) is 23.0 Å². The minimum absolute atomic E-state index is 0.0258. The minimum Gasteiger partial charge on any atom is -0.492 e. The lowest BCUT2D eigenvalue weighted by atomic mass is 9.91. The number of methoxy groups -OCH3 is 1. The number of benzene rings is 3. The molecule has 0 spiro atoms. The SMILES string of the molecule is COc1c2c(cc3c1C(C#CCOc1ccc4oc5ccccc5c4c1)[NH+](C)CC3)OCO2. The highest BCUT2D eigenvalue weighted by atomic mass is 16.7. The summed E-state index contributed by atoms with van der Waals surface area (Å²) in [5.74, 6) is 9.58. The fraction of sp³-hybridized carbons (Fsp3) is 0.259. The molecule has 0 bridgehead atoms. The predicted molar refractivity (Wildman–Crippen MR) is 124 cm³/mol. The number of nitrogens with one attached hydrogen (secondary N) is 1. The molecule has 0 aliphatic carbocycles. The molecule has 2 aliphatic heterocycles. The van der Waals surface area contributed by atoms with E-state index < -0.39 is 0 Å². The van der Waals surface area contributed by atoms with Crippen LogP contribution >= 0.6 is 0 Å². The highest BCUT2D eigenvalue weighted by Gasteiger charge is 2.35. The summed E-state index contributed by atoms with van der Waals surface area (Å²) in [6, 6.07) is 15.9. The molecule has 1 N–H and O–H groups in total. The normalized spacial score (nSPS) is 18.6. The smallest absolute Gasteiger partial charge is 0.231 e. The molecule has 1 aromatic heterocycles. The number of hydrogen-bond donors (Lipinski definition) is 1. The summed E-state index contributed by atoms with van der Waals surface area (Å²) in [6.45, 7) is 1.51. The molecule has 3 aromatic carbocycles. The van der Waals surface area contributed by atoms with Crippen molar-refractivity contribution in [2.75, 3.05) is 34.1 Å². The summed E-state index contributed by atoms with van der Waals surface area (Å²) in [5.41, 5.74) is 4.02. The van der Waals surface area contributed by atoms with Crippen molar-refractivity contribution >= 4 is 21.9 Å². The molecule has 166 valence electrons. The van der Waals surface area contributed by atoms with Gasteiger partial charge in [-0.15, -0.1) is 0 Å². The van der Waals surface area contributed by atoms with Crippen molar-refractivity contribution < 1.29 is 28.3 Å². The van der Waals surface area contributed by atoms with Gasteiger partial charge < -0.3 is 28.3 Å². The van der Waals surface area contributed by atoms with Crippen molar-refractivity contribution in [2.45, 2.75) is 12.5 Å². The van der Waals surface area contributed by atoms with Gasteiger partial charge in [0.25, 0.3) is 0 Å². The molecule has 0 amide bonds. The van der Waals surface area contributed by atoms with Crippen molar-refractivity contribution in [3.8, 4) is 34.8 Å². The number of furan rings is 1. The van der Waals surface area contributed by atoms with E-state index in [9.17, 15) is 0 Å². The van der Waals surface area contributed by atoms with E-state index in [1.807, 2.05) is 36.4 Å². The molecule has 3 heterocycles. The number of rotatable bonds is 3. The summed E-state index contributed by atoms with van der Waals surface area (Å²) in [7, 11) is 3.83. The molecule has 6 heteroatoms. The first-order valence-corrected chi connectivity index (χ1v) is 11.1. The number of ether oxygens (including phenoxy) is 4. The maximum absolute atomic E-state index is 5.98. The van der Waals surface area contributed by atoms with E-state index in [4.69, 9.17) is 23.4 Å². The lowest BCUT2D eigenvalue weighted by Crippen LogP contribution is -3.10. The fourth-order valence-corrected chi connectivity index (χ4v) is 4.78. The monoisotopic (exact) mass is 442 g/mol. The summed E-state index contributed by atoms with van der Waals surface area (Å²) in [5, 5.41) is 2.13. The van der Waals surface area contributed by atoms with Crippen molar-refractivity contribution in [2.24, 2.45) is 0 Å². The van der Waals surface area contributed by atoms with E-state index in [0.717, 1.165) is 57.7 Å². The van der Waals surface area contributed by atoms with E-state index in [1.165, 1.54) is 10.5 Å². The van der Waals surface area contributed by atoms with Gasteiger partial charge in [-0.2, -0.15) is 0 Å². The molecule has 0 radical (unpaired) electrons. The second kappa shape index (κ2) is 7.95. The Hall–Kier alpha value is -3.82. The number of fused-ring (bicyclic) bond motifs is 5. The summed E-state index contributed by atoms with van der Waals surface area (Å²) < 4.78 is 28.9. The lowest BCUT2D eigenvalue weighted by molar-refractivity contribution is -0.905. The number of hydrogen-bond acceptors (Lipinski definition) is 5. The van der Waals surface area contributed by atoms with Crippen LogP contribution in [-0.2, 0) is 6.42 Å². The van der Waals surface area contributed by atoms with Crippen molar-refractivity contribution in [1.29, 1.82) is 0 Å². The largest absolute Gasteiger partial charge is 0.492 e.